The number of ether oxygens (including phenoxy) is 5. The van der Waals surface area contributed by atoms with Crippen molar-refractivity contribution < 1.29 is 51.6 Å². The van der Waals surface area contributed by atoms with Crippen molar-refractivity contribution in [1.82, 2.24) is 10.3 Å². The summed E-state index contributed by atoms with van der Waals surface area (Å²) in [7, 11) is 1.31. The van der Waals surface area contributed by atoms with Gasteiger partial charge in [-0.1, -0.05) is 6.92 Å². The first kappa shape index (κ1) is 29.0. The average Bonchev–Trinajstić information content (AvgIpc) is 2.92. The lowest BCUT2D eigenvalue weighted by molar-refractivity contribution is -0.162. The number of hydrogen-bond donors (Lipinski definition) is 2. The van der Waals surface area contributed by atoms with E-state index in [0.29, 0.717) is 13.0 Å². The summed E-state index contributed by atoms with van der Waals surface area (Å²) in [5, 5.41) is 12.6. The van der Waals surface area contributed by atoms with Gasteiger partial charge in [-0.2, -0.15) is 13.2 Å². The number of amides is 1. The van der Waals surface area contributed by atoms with Gasteiger partial charge < -0.3 is 34.1 Å². The Kier molecular flexibility index (Phi) is 9.75. The number of cyclic esters (lactones) is 1. The molecule has 1 saturated heterocycles. The molecule has 1 aromatic carbocycles. The lowest BCUT2D eigenvalue weighted by Crippen LogP contribution is -2.47. The molecular weight excluding hydrogens is 513 g/mol. The largest absolute Gasteiger partial charge is 0.503 e. The molecule has 2 heterocycles. The van der Waals surface area contributed by atoms with Gasteiger partial charge in [0.25, 0.3) is 5.91 Å². The van der Waals surface area contributed by atoms with Crippen LogP contribution in [0.15, 0.2) is 36.5 Å². The van der Waals surface area contributed by atoms with E-state index < -0.39 is 53.7 Å². The zero-order chi connectivity index (χ0) is 27.9. The third-order valence-electron chi connectivity index (χ3n) is 5.59. The normalized spacial score (nSPS) is 22.4. The van der Waals surface area contributed by atoms with Crippen molar-refractivity contribution in [2.24, 2.45) is 0 Å². The van der Waals surface area contributed by atoms with E-state index in [0.717, 1.165) is 12.1 Å². The molecule has 3 rings (SSSR count). The van der Waals surface area contributed by atoms with E-state index in [-0.39, 0.29) is 30.4 Å². The van der Waals surface area contributed by atoms with Crippen LogP contribution in [-0.4, -0.2) is 73.3 Å². The first-order valence-corrected chi connectivity index (χ1v) is 11.8. The lowest BCUT2D eigenvalue weighted by atomic mass is 10.1. The van der Waals surface area contributed by atoms with E-state index in [2.05, 4.69) is 10.3 Å². The van der Waals surface area contributed by atoms with Crippen molar-refractivity contribution in [3.8, 4) is 17.2 Å². The van der Waals surface area contributed by atoms with Crippen molar-refractivity contribution in [3.05, 3.63) is 47.8 Å². The molecule has 13 heteroatoms. The molecule has 1 aliphatic rings. The van der Waals surface area contributed by atoms with Gasteiger partial charge in [0, 0.05) is 18.9 Å². The van der Waals surface area contributed by atoms with Gasteiger partial charge in [-0.3, -0.25) is 4.79 Å². The Labute approximate surface area is 217 Å². The van der Waals surface area contributed by atoms with Gasteiger partial charge in [0.15, 0.2) is 29.3 Å². The standard InChI is InChI=1S/C25H29F3N2O8/c1-4-11-36-22-14(2)37-24(33)17(30-23(32)20-21(31)18(34-3)9-10-29-20)12-35-13-19(22)38-16-7-5-15(6-8-16)25(26,27)28/h5-10,14,17,19,22,31H,4,11-13H2,1-3H3,(H,30,32)/t14-,17-,19-,22-/m0/s1. The first-order valence-electron chi connectivity index (χ1n) is 11.8. The highest BCUT2D eigenvalue weighted by molar-refractivity contribution is 5.98. The highest BCUT2D eigenvalue weighted by atomic mass is 19.4. The van der Waals surface area contributed by atoms with E-state index in [1.54, 1.807) is 6.92 Å². The third kappa shape index (κ3) is 7.25. The van der Waals surface area contributed by atoms with Crippen molar-refractivity contribution in [1.29, 1.82) is 0 Å². The fourth-order valence-corrected chi connectivity index (χ4v) is 3.69. The number of aromatic nitrogens is 1. The summed E-state index contributed by atoms with van der Waals surface area (Å²) in [5.41, 5.74) is -1.19. The van der Waals surface area contributed by atoms with Crippen LogP contribution in [0.3, 0.4) is 0 Å². The Morgan fingerprint density at radius 3 is 2.55 bits per heavy atom. The number of pyridine rings is 1. The minimum Gasteiger partial charge on any atom is -0.503 e. The molecule has 1 amide bonds. The molecule has 0 radical (unpaired) electrons. The van der Waals surface area contributed by atoms with Crippen LogP contribution in [0.2, 0.25) is 0 Å². The Balaban J connectivity index is 1.78. The summed E-state index contributed by atoms with van der Waals surface area (Å²) >= 11 is 0. The minimum atomic E-state index is -4.49. The number of alkyl halides is 3. The molecule has 2 N–H and O–H groups in total. The smallest absolute Gasteiger partial charge is 0.416 e. The van der Waals surface area contributed by atoms with Crippen LogP contribution in [0.1, 0.15) is 36.3 Å². The number of carbonyl (C=O) groups is 2. The Bertz CT molecular complexity index is 1100. The molecule has 1 aliphatic heterocycles. The van der Waals surface area contributed by atoms with E-state index >= 15 is 0 Å². The van der Waals surface area contributed by atoms with E-state index in [1.165, 1.54) is 31.5 Å². The topological polar surface area (TPSA) is 125 Å². The highest BCUT2D eigenvalue weighted by Gasteiger charge is 2.37. The zero-order valence-corrected chi connectivity index (χ0v) is 21.0. The fourth-order valence-electron chi connectivity index (χ4n) is 3.69. The quantitative estimate of drug-likeness (QED) is 0.484. The number of methoxy groups -OCH3 is 1. The monoisotopic (exact) mass is 542 g/mol. The van der Waals surface area contributed by atoms with Crippen molar-refractivity contribution >= 4 is 11.9 Å². The molecule has 0 unspecified atom stereocenters. The fraction of sp³-hybridized carbons (Fsp3) is 0.480. The molecule has 10 nitrogen and oxygen atoms in total. The maximum absolute atomic E-state index is 12.9. The average molecular weight is 543 g/mol. The second-order valence-corrected chi connectivity index (χ2v) is 8.43. The molecule has 1 fully saturated rings. The van der Waals surface area contributed by atoms with Crippen LogP contribution < -0.4 is 14.8 Å². The van der Waals surface area contributed by atoms with E-state index in [1.807, 2.05) is 6.92 Å². The first-order chi connectivity index (χ1) is 18.0. The van der Waals surface area contributed by atoms with Crippen molar-refractivity contribution in [2.75, 3.05) is 26.9 Å². The van der Waals surface area contributed by atoms with Crippen LogP contribution in [0.25, 0.3) is 0 Å². The van der Waals surface area contributed by atoms with Crippen LogP contribution in [-0.2, 0) is 25.2 Å². The third-order valence-corrected chi connectivity index (χ3v) is 5.59. The number of rotatable bonds is 8. The Morgan fingerprint density at radius 2 is 1.92 bits per heavy atom. The van der Waals surface area contributed by atoms with Crippen molar-refractivity contribution in [3.63, 3.8) is 0 Å². The maximum Gasteiger partial charge on any atom is 0.416 e. The molecule has 4 atom stereocenters. The Morgan fingerprint density at radius 1 is 1.21 bits per heavy atom. The molecule has 0 spiro atoms. The number of benzene rings is 1. The number of halogens is 3. The second kappa shape index (κ2) is 12.8. The second-order valence-electron chi connectivity index (χ2n) is 8.43. The van der Waals surface area contributed by atoms with Gasteiger partial charge in [0.2, 0.25) is 0 Å². The van der Waals surface area contributed by atoms with Gasteiger partial charge in [-0.25, -0.2) is 9.78 Å². The predicted octanol–water partition coefficient (Wildman–Crippen LogP) is 3.12. The summed E-state index contributed by atoms with van der Waals surface area (Å²) in [4.78, 5) is 29.5. The van der Waals surface area contributed by atoms with Gasteiger partial charge in [0.1, 0.15) is 18.0 Å². The van der Waals surface area contributed by atoms with Gasteiger partial charge in [-0.15, -0.1) is 0 Å². The molecule has 1 aromatic heterocycles. The molecule has 0 saturated carbocycles. The number of esters is 1. The maximum atomic E-state index is 12.9. The summed E-state index contributed by atoms with van der Waals surface area (Å²) in [6.07, 6.45) is -5.17. The van der Waals surface area contributed by atoms with Crippen LogP contribution >= 0.6 is 0 Å². The van der Waals surface area contributed by atoms with Gasteiger partial charge in [0.05, 0.1) is 25.9 Å². The van der Waals surface area contributed by atoms with Crippen LogP contribution in [0, 0.1) is 0 Å². The van der Waals surface area contributed by atoms with Gasteiger partial charge in [-0.05, 0) is 37.6 Å². The summed E-state index contributed by atoms with van der Waals surface area (Å²) in [6, 6.07) is 4.24. The highest BCUT2D eigenvalue weighted by Crippen LogP contribution is 2.31. The number of hydrogen-bond acceptors (Lipinski definition) is 9. The molecule has 0 bridgehead atoms. The van der Waals surface area contributed by atoms with Gasteiger partial charge >= 0.3 is 12.1 Å². The summed E-state index contributed by atoms with van der Waals surface area (Å²) in [6.45, 7) is 3.28. The van der Waals surface area contributed by atoms with Crippen LogP contribution in [0.5, 0.6) is 17.2 Å². The molecular formula is C25H29F3N2O8. The van der Waals surface area contributed by atoms with Crippen LogP contribution in [0.4, 0.5) is 13.2 Å². The number of carbonyl (C=O) groups excluding carboxylic acids is 2. The summed E-state index contributed by atoms with van der Waals surface area (Å²) < 4.78 is 66.7. The molecule has 38 heavy (non-hydrogen) atoms. The van der Waals surface area contributed by atoms with E-state index in [9.17, 15) is 27.9 Å². The number of nitrogens with zero attached hydrogens (tertiary/aromatic N) is 1. The van der Waals surface area contributed by atoms with Crippen molar-refractivity contribution in [2.45, 2.75) is 50.8 Å². The SMILES string of the molecule is CCCO[C@H]1[C@H](C)OC(=O)[C@@H](NC(=O)c2nccc(OC)c2O)COC[C@@H]1Oc1ccc(C(F)(F)F)cc1. The molecule has 208 valence electrons. The Hall–Kier alpha value is -3.58. The minimum absolute atomic E-state index is 0.0197. The number of aromatic hydroxyl groups is 1. The predicted molar refractivity (Wildman–Crippen MR) is 126 cm³/mol. The molecule has 0 aliphatic carbocycles. The number of nitrogens with one attached hydrogen (secondary N) is 1. The van der Waals surface area contributed by atoms with E-state index in [4.69, 9.17) is 23.7 Å². The summed E-state index contributed by atoms with van der Waals surface area (Å²) in [5.74, 6) is -2.04. The zero-order valence-electron chi connectivity index (χ0n) is 21.0. The molecule has 2 aromatic rings. The lowest BCUT2D eigenvalue weighted by Gasteiger charge is -2.31.